The van der Waals surface area contributed by atoms with E-state index in [9.17, 15) is 0 Å². The molecule has 1 saturated carbocycles. The van der Waals surface area contributed by atoms with Gasteiger partial charge < -0.3 is 10.1 Å². The summed E-state index contributed by atoms with van der Waals surface area (Å²) in [4.78, 5) is 2.41. The highest BCUT2D eigenvalue weighted by Crippen LogP contribution is 2.30. The minimum atomic E-state index is 0.639. The molecule has 20 heavy (non-hydrogen) atoms. The first kappa shape index (κ1) is 15.6. The van der Waals surface area contributed by atoms with Crippen molar-refractivity contribution in [3.63, 3.8) is 0 Å². The number of ether oxygens (including phenoxy) is 1. The van der Waals surface area contributed by atoms with Crippen molar-refractivity contribution in [2.75, 3.05) is 21.2 Å². The van der Waals surface area contributed by atoms with Crippen molar-refractivity contribution in [2.24, 2.45) is 0 Å². The maximum Gasteiger partial charge on any atom is 0.124 e. The first-order valence-electron chi connectivity index (χ1n) is 7.34. The fraction of sp³-hybridized carbons (Fsp3) is 0.625. The summed E-state index contributed by atoms with van der Waals surface area (Å²) in [6, 6.07) is 7.18. The molecule has 1 fully saturated rings. The van der Waals surface area contributed by atoms with Crippen molar-refractivity contribution in [3.8, 4) is 5.75 Å². The molecule has 0 heterocycles. The van der Waals surface area contributed by atoms with Crippen LogP contribution in [0.1, 0.15) is 31.2 Å². The van der Waals surface area contributed by atoms with E-state index in [4.69, 9.17) is 16.3 Å². The molecule has 0 spiro atoms. The van der Waals surface area contributed by atoms with Gasteiger partial charge in [0.15, 0.2) is 0 Å². The molecule has 0 aromatic heterocycles. The van der Waals surface area contributed by atoms with E-state index in [2.05, 4.69) is 24.3 Å². The molecule has 0 radical (unpaired) electrons. The molecule has 2 rings (SSSR count). The van der Waals surface area contributed by atoms with Crippen LogP contribution in [0.15, 0.2) is 18.2 Å². The number of rotatable bonds is 5. The average molecular weight is 297 g/mol. The number of benzene rings is 1. The van der Waals surface area contributed by atoms with Crippen molar-refractivity contribution in [2.45, 2.75) is 44.3 Å². The first-order chi connectivity index (χ1) is 9.65. The number of halogens is 1. The topological polar surface area (TPSA) is 24.5 Å². The molecule has 3 nitrogen and oxygen atoms in total. The average Bonchev–Trinajstić information content (AvgIpc) is 2.49. The summed E-state index contributed by atoms with van der Waals surface area (Å²) in [5, 5.41) is 4.17. The van der Waals surface area contributed by atoms with Crippen LogP contribution in [0.3, 0.4) is 0 Å². The van der Waals surface area contributed by atoms with Crippen molar-refractivity contribution < 1.29 is 4.74 Å². The molecule has 4 heteroatoms. The largest absolute Gasteiger partial charge is 0.496 e. The SMILES string of the molecule is CNC1CCC(N(C)Cc2c(Cl)cccc2OC)CC1. The quantitative estimate of drug-likeness (QED) is 0.902. The van der Waals surface area contributed by atoms with Gasteiger partial charge >= 0.3 is 0 Å². The Labute approximate surface area is 127 Å². The zero-order chi connectivity index (χ0) is 14.5. The van der Waals surface area contributed by atoms with E-state index in [1.165, 1.54) is 25.7 Å². The lowest BCUT2D eigenvalue weighted by Gasteiger charge is -2.35. The standard InChI is InChI=1S/C16H25ClN2O/c1-18-12-7-9-13(10-8-12)19(2)11-14-15(17)5-4-6-16(14)20-3/h4-6,12-13,18H,7-11H2,1-3H3. The Morgan fingerprint density at radius 3 is 2.60 bits per heavy atom. The molecule has 112 valence electrons. The summed E-state index contributed by atoms with van der Waals surface area (Å²) in [5.41, 5.74) is 1.09. The summed E-state index contributed by atoms with van der Waals surface area (Å²) < 4.78 is 5.43. The monoisotopic (exact) mass is 296 g/mol. The van der Waals surface area contributed by atoms with E-state index >= 15 is 0 Å². The normalized spacial score (nSPS) is 23.1. The highest BCUT2D eigenvalue weighted by atomic mass is 35.5. The maximum atomic E-state index is 6.32. The second-order valence-electron chi connectivity index (χ2n) is 5.63. The molecule has 0 aliphatic heterocycles. The van der Waals surface area contributed by atoms with Crippen LogP contribution < -0.4 is 10.1 Å². The van der Waals surface area contributed by atoms with Gasteiger partial charge in [-0.3, -0.25) is 4.90 Å². The van der Waals surface area contributed by atoms with E-state index in [0.717, 1.165) is 22.9 Å². The third-order valence-corrected chi connectivity index (χ3v) is 4.79. The molecular weight excluding hydrogens is 272 g/mol. The summed E-state index contributed by atoms with van der Waals surface area (Å²) >= 11 is 6.32. The molecular formula is C16H25ClN2O. The molecule has 1 N–H and O–H groups in total. The van der Waals surface area contributed by atoms with Gasteiger partial charge in [0.1, 0.15) is 5.75 Å². The minimum Gasteiger partial charge on any atom is -0.496 e. The smallest absolute Gasteiger partial charge is 0.124 e. The molecule has 0 atom stereocenters. The molecule has 0 unspecified atom stereocenters. The summed E-state index contributed by atoms with van der Waals surface area (Å²) in [7, 11) is 5.95. The predicted octanol–water partition coefficient (Wildman–Crippen LogP) is 3.31. The van der Waals surface area contributed by atoms with E-state index in [1.54, 1.807) is 7.11 Å². The molecule has 0 amide bonds. The summed E-state index contributed by atoms with van der Waals surface area (Å²) in [6.07, 6.45) is 5.00. The Kier molecular flexibility index (Phi) is 5.70. The van der Waals surface area contributed by atoms with Crippen molar-refractivity contribution in [1.82, 2.24) is 10.2 Å². The van der Waals surface area contributed by atoms with Crippen LogP contribution in [0.4, 0.5) is 0 Å². The van der Waals surface area contributed by atoms with Crippen LogP contribution in [0.25, 0.3) is 0 Å². The van der Waals surface area contributed by atoms with Crippen LogP contribution in [-0.4, -0.2) is 38.2 Å². The van der Waals surface area contributed by atoms with Crippen LogP contribution in [0.5, 0.6) is 5.75 Å². The van der Waals surface area contributed by atoms with Gasteiger partial charge in [-0.25, -0.2) is 0 Å². The molecule has 1 aliphatic carbocycles. The first-order valence-corrected chi connectivity index (χ1v) is 7.72. The fourth-order valence-corrected chi connectivity index (χ4v) is 3.29. The Bertz CT molecular complexity index is 430. The van der Waals surface area contributed by atoms with Gasteiger partial charge in [-0.15, -0.1) is 0 Å². The van der Waals surface area contributed by atoms with E-state index in [0.29, 0.717) is 12.1 Å². The van der Waals surface area contributed by atoms with Crippen molar-refractivity contribution >= 4 is 11.6 Å². The van der Waals surface area contributed by atoms with Gasteiger partial charge in [-0.1, -0.05) is 17.7 Å². The van der Waals surface area contributed by atoms with E-state index in [1.807, 2.05) is 18.2 Å². The number of nitrogens with zero attached hydrogens (tertiary/aromatic N) is 1. The highest BCUT2D eigenvalue weighted by Gasteiger charge is 2.24. The van der Waals surface area contributed by atoms with Gasteiger partial charge in [-0.2, -0.15) is 0 Å². The molecule has 0 bridgehead atoms. The second-order valence-corrected chi connectivity index (χ2v) is 6.04. The zero-order valence-corrected chi connectivity index (χ0v) is 13.4. The lowest BCUT2D eigenvalue weighted by atomic mass is 9.90. The van der Waals surface area contributed by atoms with E-state index < -0.39 is 0 Å². The summed E-state index contributed by atoms with van der Waals surface area (Å²) in [5.74, 6) is 0.883. The number of hydrogen-bond donors (Lipinski definition) is 1. The molecule has 0 saturated heterocycles. The van der Waals surface area contributed by atoms with Gasteiger partial charge in [-0.05, 0) is 51.9 Å². The fourth-order valence-electron chi connectivity index (χ4n) is 3.07. The molecule has 1 aromatic carbocycles. The lowest BCUT2D eigenvalue weighted by Crippen LogP contribution is -2.39. The van der Waals surface area contributed by atoms with Crippen molar-refractivity contribution in [3.05, 3.63) is 28.8 Å². The van der Waals surface area contributed by atoms with Gasteiger partial charge in [0.2, 0.25) is 0 Å². The lowest BCUT2D eigenvalue weighted by molar-refractivity contribution is 0.168. The van der Waals surface area contributed by atoms with Crippen LogP contribution in [0.2, 0.25) is 5.02 Å². The van der Waals surface area contributed by atoms with Crippen LogP contribution in [-0.2, 0) is 6.54 Å². The third kappa shape index (κ3) is 3.66. The third-order valence-electron chi connectivity index (χ3n) is 4.43. The van der Waals surface area contributed by atoms with Gasteiger partial charge in [0.05, 0.1) is 7.11 Å². The Morgan fingerprint density at radius 1 is 1.30 bits per heavy atom. The van der Waals surface area contributed by atoms with Gasteiger partial charge in [0, 0.05) is 29.2 Å². The summed E-state index contributed by atoms with van der Waals surface area (Å²) in [6.45, 7) is 0.845. The highest BCUT2D eigenvalue weighted by molar-refractivity contribution is 6.31. The predicted molar refractivity (Wildman–Crippen MR) is 84.6 cm³/mol. The maximum absolute atomic E-state index is 6.32. The van der Waals surface area contributed by atoms with E-state index in [-0.39, 0.29) is 0 Å². The van der Waals surface area contributed by atoms with Gasteiger partial charge in [0.25, 0.3) is 0 Å². The minimum absolute atomic E-state index is 0.639. The number of methoxy groups -OCH3 is 1. The Morgan fingerprint density at radius 2 is 2.00 bits per heavy atom. The Balaban J connectivity index is 2.00. The molecule has 1 aromatic rings. The van der Waals surface area contributed by atoms with Crippen LogP contribution >= 0.6 is 11.6 Å². The molecule has 1 aliphatic rings. The van der Waals surface area contributed by atoms with Crippen LogP contribution in [0, 0.1) is 0 Å². The Hall–Kier alpha value is -0.770. The number of hydrogen-bond acceptors (Lipinski definition) is 3. The number of nitrogens with one attached hydrogen (secondary N) is 1. The second kappa shape index (κ2) is 7.30. The van der Waals surface area contributed by atoms with Crippen molar-refractivity contribution in [1.29, 1.82) is 0 Å². The zero-order valence-electron chi connectivity index (χ0n) is 12.7.